The minimum atomic E-state index is -0.838. The molecule has 0 aliphatic heterocycles. The van der Waals surface area contributed by atoms with Gasteiger partial charge < -0.3 is 15.7 Å². The number of carbonyl (C=O) groups excluding carboxylic acids is 1. The minimum Gasteiger partial charge on any atom is -0.481 e. The van der Waals surface area contributed by atoms with Crippen molar-refractivity contribution in [2.75, 3.05) is 6.54 Å². The smallest absolute Gasteiger partial charge is 0.315 e. The molecule has 2 fully saturated rings. The summed E-state index contributed by atoms with van der Waals surface area (Å²) in [7, 11) is 0. The van der Waals surface area contributed by atoms with Crippen LogP contribution in [0.3, 0.4) is 0 Å². The number of carboxylic acid groups (broad SMARTS) is 1. The number of amides is 2. The highest BCUT2D eigenvalue weighted by Gasteiger charge is 2.38. The van der Waals surface area contributed by atoms with Crippen LogP contribution in [-0.4, -0.2) is 29.2 Å². The molecular weight excluding hydrogens is 256 g/mol. The molecule has 5 nitrogen and oxygen atoms in total. The van der Waals surface area contributed by atoms with Gasteiger partial charge in [-0.1, -0.05) is 32.6 Å². The molecule has 114 valence electrons. The van der Waals surface area contributed by atoms with E-state index in [1.807, 2.05) is 0 Å². The van der Waals surface area contributed by atoms with Crippen molar-refractivity contribution in [3.8, 4) is 0 Å². The molecule has 5 heteroatoms. The summed E-state index contributed by atoms with van der Waals surface area (Å²) in [6.07, 6.45) is 8.34. The Hall–Kier alpha value is -1.26. The summed E-state index contributed by atoms with van der Waals surface area (Å²) in [5.74, 6) is -0.838. The fourth-order valence-electron chi connectivity index (χ4n) is 3.67. The quantitative estimate of drug-likeness (QED) is 0.725. The van der Waals surface area contributed by atoms with Crippen LogP contribution in [0, 0.1) is 5.41 Å². The molecule has 20 heavy (non-hydrogen) atoms. The Labute approximate surface area is 120 Å². The Kier molecular flexibility index (Phi) is 4.55. The molecule has 2 amide bonds. The second-order valence-electron chi connectivity index (χ2n) is 6.88. The summed E-state index contributed by atoms with van der Waals surface area (Å²) >= 11 is 0. The Morgan fingerprint density at radius 1 is 1.05 bits per heavy atom. The van der Waals surface area contributed by atoms with Crippen LogP contribution < -0.4 is 10.6 Å². The van der Waals surface area contributed by atoms with E-state index in [-0.39, 0.29) is 17.9 Å². The maximum absolute atomic E-state index is 12.1. The van der Waals surface area contributed by atoms with Crippen LogP contribution in [0.25, 0.3) is 0 Å². The largest absolute Gasteiger partial charge is 0.481 e. The molecule has 0 saturated heterocycles. The highest BCUT2D eigenvalue weighted by atomic mass is 16.4. The molecule has 2 aliphatic carbocycles. The molecule has 0 aromatic heterocycles. The van der Waals surface area contributed by atoms with Gasteiger partial charge in [0.1, 0.15) is 0 Å². The zero-order valence-corrected chi connectivity index (χ0v) is 12.3. The number of nitrogens with one attached hydrogen (secondary N) is 2. The lowest BCUT2D eigenvalue weighted by molar-refractivity contribution is -0.138. The molecular formula is C15H26N2O3. The molecule has 0 unspecified atom stereocenters. The van der Waals surface area contributed by atoms with Crippen LogP contribution >= 0.6 is 0 Å². The van der Waals surface area contributed by atoms with Crippen LogP contribution in [0.4, 0.5) is 4.79 Å². The highest BCUT2D eigenvalue weighted by Crippen LogP contribution is 2.37. The standard InChI is InChI=1S/C15H26N2O3/c1-14(6-2-3-7-14)11-16-13(20)17-15(10-12(18)19)8-4-5-9-15/h2-11H2,1H3,(H,18,19)(H2,16,17,20). The van der Waals surface area contributed by atoms with Crippen LogP contribution in [-0.2, 0) is 4.79 Å². The van der Waals surface area contributed by atoms with Gasteiger partial charge in [0.15, 0.2) is 0 Å². The van der Waals surface area contributed by atoms with E-state index < -0.39 is 11.5 Å². The summed E-state index contributed by atoms with van der Waals surface area (Å²) in [6.45, 7) is 2.89. The number of carboxylic acids is 1. The van der Waals surface area contributed by atoms with Gasteiger partial charge in [-0.25, -0.2) is 4.79 Å². The summed E-state index contributed by atoms with van der Waals surface area (Å²) in [4.78, 5) is 23.1. The number of urea groups is 1. The first kappa shape index (κ1) is 15.1. The average Bonchev–Trinajstić information content (AvgIpc) is 2.97. The number of hydrogen-bond donors (Lipinski definition) is 3. The summed E-state index contributed by atoms with van der Waals surface area (Å²) < 4.78 is 0. The third-order valence-corrected chi connectivity index (χ3v) is 4.92. The van der Waals surface area contributed by atoms with Gasteiger partial charge >= 0.3 is 12.0 Å². The van der Waals surface area contributed by atoms with E-state index in [2.05, 4.69) is 17.6 Å². The van der Waals surface area contributed by atoms with Crippen molar-refractivity contribution in [2.45, 2.75) is 70.3 Å². The van der Waals surface area contributed by atoms with Gasteiger partial charge in [-0.05, 0) is 31.1 Å². The summed E-state index contributed by atoms with van der Waals surface area (Å²) in [5.41, 5.74) is -0.320. The van der Waals surface area contributed by atoms with E-state index in [1.165, 1.54) is 12.8 Å². The monoisotopic (exact) mass is 282 g/mol. The number of hydrogen-bond acceptors (Lipinski definition) is 2. The molecule has 0 aromatic rings. The van der Waals surface area contributed by atoms with E-state index in [1.54, 1.807) is 0 Å². The van der Waals surface area contributed by atoms with E-state index in [4.69, 9.17) is 5.11 Å². The van der Waals surface area contributed by atoms with Crippen LogP contribution in [0.1, 0.15) is 64.7 Å². The summed E-state index contributed by atoms with van der Waals surface area (Å²) in [6, 6.07) is -0.207. The highest BCUT2D eigenvalue weighted by molar-refractivity contribution is 5.76. The molecule has 2 saturated carbocycles. The zero-order valence-electron chi connectivity index (χ0n) is 12.3. The molecule has 0 radical (unpaired) electrons. The normalized spacial score (nSPS) is 23.4. The van der Waals surface area contributed by atoms with Crippen LogP contribution in [0.5, 0.6) is 0 Å². The molecule has 0 bridgehead atoms. The predicted molar refractivity (Wildman–Crippen MR) is 76.6 cm³/mol. The lowest BCUT2D eigenvalue weighted by Crippen LogP contribution is -2.52. The predicted octanol–water partition coefficient (Wildman–Crippen LogP) is 2.65. The van der Waals surface area contributed by atoms with Gasteiger partial charge in [-0.3, -0.25) is 4.79 Å². The van der Waals surface area contributed by atoms with Crippen molar-refractivity contribution in [3.05, 3.63) is 0 Å². The third-order valence-electron chi connectivity index (χ3n) is 4.92. The Morgan fingerprint density at radius 2 is 1.60 bits per heavy atom. The molecule has 2 aliphatic rings. The van der Waals surface area contributed by atoms with E-state index in [9.17, 15) is 9.59 Å². The van der Waals surface area contributed by atoms with Crippen LogP contribution in [0.15, 0.2) is 0 Å². The lowest BCUT2D eigenvalue weighted by atomic mass is 9.89. The van der Waals surface area contributed by atoms with Gasteiger partial charge in [0.05, 0.1) is 12.0 Å². The Balaban J connectivity index is 1.84. The van der Waals surface area contributed by atoms with E-state index in [0.717, 1.165) is 38.5 Å². The fourth-order valence-corrected chi connectivity index (χ4v) is 3.67. The maximum Gasteiger partial charge on any atom is 0.315 e. The van der Waals surface area contributed by atoms with Crippen molar-refractivity contribution in [1.82, 2.24) is 10.6 Å². The second-order valence-corrected chi connectivity index (χ2v) is 6.88. The molecule has 0 heterocycles. The zero-order chi connectivity index (χ0) is 14.6. The minimum absolute atomic E-state index is 0.0255. The van der Waals surface area contributed by atoms with Gasteiger partial charge in [-0.15, -0.1) is 0 Å². The molecule has 0 aromatic carbocycles. The number of carbonyl (C=O) groups is 2. The van der Waals surface area contributed by atoms with Crippen molar-refractivity contribution < 1.29 is 14.7 Å². The molecule has 3 N–H and O–H groups in total. The van der Waals surface area contributed by atoms with Crippen LogP contribution in [0.2, 0.25) is 0 Å². The first-order chi connectivity index (χ1) is 9.43. The van der Waals surface area contributed by atoms with E-state index >= 15 is 0 Å². The molecule has 2 rings (SSSR count). The first-order valence-electron chi connectivity index (χ1n) is 7.71. The third kappa shape index (κ3) is 3.87. The van der Waals surface area contributed by atoms with Crippen molar-refractivity contribution in [3.63, 3.8) is 0 Å². The second kappa shape index (κ2) is 6.02. The lowest BCUT2D eigenvalue weighted by Gasteiger charge is -2.30. The molecule has 0 spiro atoms. The van der Waals surface area contributed by atoms with Gasteiger partial charge in [0.2, 0.25) is 0 Å². The fraction of sp³-hybridized carbons (Fsp3) is 0.867. The topological polar surface area (TPSA) is 78.4 Å². The Morgan fingerprint density at radius 3 is 2.15 bits per heavy atom. The van der Waals surface area contributed by atoms with Gasteiger partial charge in [0.25, 0.3) is 0 Å². The van der Waals surface area contributed by atoms with Gasteiger partial charge in [0, 0.05) is 6.54 Å². The summed E-state index contributed by atoms with van der Waals surface area (Å²) in [5, 5.41) is 14.9. The van der Waals surface area contributed by atoms with Crippen molar-refractivity contribution >= 4 is 12.0 Å². The van der Waals surface area contributed by atoms with Gasteiger partial charge in [-0.2, -0.15) is 0 Å². The molecule has 0 atom stereocenters. The first-order valence-corrected chi connectivity index (χ1v) is 7.71. The van der Waals surface area contributed by atoms with Crippen molar-refractivity contribution in [1.29, 1.82) is 0 Å². The maximum atomic E-state index is 12.1. The number of rotatable bonds is 5. The average molecular weight is 282 g/mol. The number of aliphatic carboxylic acids is 1. The Bertz CT molecular complexity index is 369. The SMILES string of the molecule is CC1(CNC(=O)NC2(CC(=O)O)CCCC2)CCCC1. The van der Waals surface area contributed by atoms with Crippen molar-refractivity contribution in [2.24, 2.45) is 5.41 Å². The van der Waals surface area contributed by atoms with E-state index in [0.29, 0.717) is 6.54 Å².